The number of esters is 1. The molecule has 0 saturated heterocycles. The number of methoxy groups -OCH3 is 1. The first-order chi connectivity index (χ1) is 7.76. The second kappa shape index (κ2) is 7.11. The van der Waals surface area contributed by atoms with Crippen LogP contribution in [0, 0.1) is 0 Å². The quantitative estimate of drug-likeness (QED) is 0.610. The number of hydrogen-bond acceptors (Lipinski definition) is 5. The Morgan fingerprint density at radius 3 is 3.06 bits per heavy atom. The van der Waals surface area contributed by atoms with Crippen molar-refractivity contribution in [1.29, 1.82) is 0 Å². The van der Waals surface area contributed by atoms with Crippen LogP contribution in [-0.4, -0.2) is 30.4 Å². The molecule has 1 aromatic heterocycles. The molecule has 0 aliphatic heterocycles. The van der Waals surface area contributed by atoms with Gasteiger partial charge in [0.2, 0.25) is 0 Å². The average molecular weight is 240 g/mol. The van der Waals surface area contributed by atoms with E-state index in [-0.39, 0.29) is 5.97 Å². The summed E-state index contributed by atoms with van der Waals surface area (Å²) in [5.41, 5.74) is 0. The van der Waals surface area contributed by atoms with Gasteiger partial charge in [-0.25, -0.2) is 4.98 Å². The highest BCUT2D eigenvalue weighted by Gasteiger charge is 2.03. The number of anilines is 1. The Morgan fingerprint density at radius 2 is 2.38 bits per heavy atom. The van der Waals surface area contributed by atoms with Crippen LogP contribution < -0.4 is 5.32 Å². The lowest BCUT2D eigenvalue weighted by molar-refractivity contribution is -0.137. The predicted molar refractivity (Wildman–Crippen MR) is 65.8 cm³/mol. The maximum atomic E-state index is 11.0. The van der Waals surface area contributed by atoms with E-state index in [0.29, 0.717) is 5.75 Å². The molecule has 5 heteroatoms. The highest BCUT2D eigenvalue weighted by atomic mass is 32.2. The summed E-state index contributed by atoms with van der Waals surface area (Å²) in [4.78, 5) is 15.3. The minimum absolute atomic E-state index is 0.237. The predicted octanol–water partition coefficient (Wildman–Crippen LogP) is 2.17. The highest BCUT2D eigenvalue weighted by Crippen LogP contribution is 2.17. The molecule has 0 unspecified atom stereocenters. The number of hydrogen-bond donors (Lipinski definition) is 1. The first-order valence-corrected chi connectivity index (χ1v) is 6.15. The van der Waals surface area contributed by atoms with Crippen molar-refractivity contribution in [3.8, 4) is 0 Å². The lowest BCUT2D eigenvalue weighted by Gasteiger charge is -2.05. The molecule has 16 heavy (non-hydrogen) atoms. The molecule has 0 spiro atoms. The number of rotatable bonds is 6. The third-order valence-corrected chi connectivity index (χ3v) is 2.75. The molecule has 0 aliphatic carbocycles. The summed E-state index contributed by atoms with van der Waals surface area (Å²) < 4.78 is 4.56. The molecule has 0 aromatic carbocycles. The third-order valence-electron chi connectivity index (χ3n) is 1.85. The normalized spacial score (nSPS) is 9.88. The molecule has 0 aliphatic rings. The van der Waals surface area contributed by atoms with Crippen molar-refractivity contribution in [1.82, 2.24) is 4.98 Å². The fourth-order valence-electron chi connectivity index (χ4n) is 1.04. The number of pyridine rings is 1. The highest BCUT2D eigenvalue weighted by molar-refractivity contribution is 7.99. The van der Waals surface area contributed by atoms with Gasteiger partial charge in [0.05, 0.1) is 17.9 Å². The zero-order chi connectivity index (χ0) is 11.8. The van der Waals surface area contributed by atoms with Crippen LogP contribution in [0.4, 0.5) is 5.82 Å². The van der Waals surface area contributed by atoms with Crippen molar-refractivity contribution in [3.05, 3.63) is 18.2 Å². The van der Waals surface area contributed by atoms with Crippen LogP contribution in [0.25, 0.3) is 0 Å². The summed E-state index contributed by atoms with van der Waals surface area (Å²) >= 11 is 1.38. The van der Waals surface area contributed by atoms with E-state index in [9.17, 15) is 4.79 Å². The Labute approximate surface area is 99.8 Å². The van der Waals surface area contributed by atoms with Crippen LogP contribution in [0.15, 0.2) is 23.2 Å². The molecule has 88 valence electrons. The standard InChI is InChI=1S/C11H16N2O2S/c1-3-7-12-9-5-4-6-10(13-9)16-8-11(14)15-2/h4-6H,3,7-8H2,1-2H3,(H,12,13). The van der Waals surface area contributed by atoms with Crippen LogP contribution in [0.5, 0.6) is 0 Å². The largest absolute Gasteiger partial charge is 0.468 e. The summed E-state index contributed by atoms with van der Waals surface area (Å²) in [5, 5.41) is 4.02. The van der Waals surface area contributed by atoms with Gasteiger partial charge in [-0.15, -0.1) is 0 Å². The van der Waals surface area contributed by atoms with Crippen molar-refractivity contribution in [3.63, 3.8) is 0 Å². The zero-order valence-electron chi connectivity index (χ0n) is 9.53. The molecule has 0 bridgehead atoms. The maximum Gasteiger partial charge on any atom is 0.316 e. The molecule has 1 rings (SSSR count). The average Bonchev–Trinajstić information content (AvgIpc) is 2.34. The number of carbonyl (C=O) groups excluding carboxylic acids is 1. The molecule has 1 N–H and O–H groups in total. The van der Waals surface area contributed by atoms with Gasteiger partial charge in [-0.3, -0.25) is 4.79 Å². The molecule has 0 fully saturated rings. The van der Waals surface area contributed by atoms with E-state index < -0.39 is 0 Å². The minimum Gasteiger partial charge on any atom is -0.468 e. The van der Waals surface area contributed by atoms with Gasteiger partial charge in [0.25, 0.3) is 0 Å². The van der Waals surface area contributed by atoms with E-state index in [1.807, 2.05) is 18.2 Å². The molecule has 1 heterocycles. The summed E-state index contributed by atoms with van der Waals surface area (Å²) in [6.07, 6.45) is 1.06. The SMILES string of the molecule is CCCNc1cccc(SCC(=O)OC)n1. The van der Waals surface area contributed by atoms with Gasteiger partial charge >= 0.3 is 5.97 Å². The van der Waals surface area contributed by atoms with Gasteiger partial charge in [-0.1, -0.05) is 24.8 Å². The van der Waals surface area contributed by atoms with Crippen LogP contribution in [0.1, 0.15) is 13.3 Å². The van der Waals surface area contributed by atoms with E-state index in [4.69, 9.17) is 0 Å². The monoisotopic (exact) mass is 240 g/mol. The molecule has 1 aromatic rings. The second-order valence-electron chi connectivity index (χ2n) is 3.15. The van der Waals surface area contributed by atoms with E-state index in [0.717, 1.165) is 23.8 Å². The number of aromatic nitrogens is 1. The maximum absolute atomic E-state index is 11.0. The molecule has 0 saturated carbocycles. The van der Waals surface area contributed by atoms with Crippen molar-refractivity contribution in [2.24, 2.45) is 0 Å². The van der Waals surface area contributed by atoms with E-state index in [1.54, 1.807) is 0 Å². The molecule has 0 radical (unpaired) electrons. The van der Waals surface area contributed by atoms with Gasteiger partial charge in [-0.2, -0.15) is 0 Å². The lowest BCUT2D eigenvalue weighted by atomic mass is 10.4. The van der Waals surface area contributed by atoms with Crippen LogP contribution >= 0.6 is 11.8 Å². The van der Waals surface area contributed by atoms with E-state index in [2.05, 4.69) is 22.0 Å². The fraction of sp³-hybridized carbons (Fsp3) is 0.455. The Morgan fingerprint density at radius 1 is 1.56 bits per heavy atom. The lowest BCUT2D eigenvalue weighted by Crippen LogP contribution is -2.04. The number of nitrogens with zero attached hydrogens (tertiary/aromatic N) is 1. The van der Waals surface area contributed by atoms with Gasteiger partial charge in [-0.05, 0) is 18.6 Å². The summed E-state index contributed by atoms with van der Waals surface area (Å²) in [6.45, 7) is 3.00. The van der Waals surface area contributed by atoms with Crippen molar-refractivity contribution >= 4 is 23.5 Å². The van der Waals surface area contributed by atoms with Crippen molar-refractivity contribution < 1.29 is 9.53 Å². The smallest absolute Gasteiger partial charge is 0.316 e. The van der Waals surface area contributed by atoms with Crippen LogP contribution in [-0.2, 0) is 9.53 Å². The topological polar surface area (TPSA) is 51.2 Å². The van der Waals surface area contributed by atoms with Crippen LogP contribution in [0.2, 0.25) is 0 Å². The molecular formula is C11H16N2O2S. The van der Waals surface area contributed by atoms with Gasteiger partial charge < -0.3 is 10.1 Å². The van der Waals surface area contributed by atoms with Crippen LogP contribution in [0.3, 0.4) is 0 Å². The summed E-state index contributed by atoms with van der Waals surface area (Å²) in [7, 11) is 1.38. The number of carbonyl (C=O) groups is 1. The third kappa shape index (κ3) is 4.53. The number of nitrogens with one attached hydrogen (secondary N) is 1. The first kappa shape index (κ1) is 12.8. The Hall–Kier alpha value is -1.23. The number of ether oxygens (including phenoxy) is 1. The number of thioether (sulfide) groups is 1. The summed E-state index contributed by atoms with van der Waals surface area (Å²) in [5.74, 6) is 0.899. The molecule has 0 atom stereocenters. The molecular weight excluding hydrogens is 224 g/mol. The Bertz CT molecular complexity index is 345. The Kier molecular flexibility index (Phi) is 5.71. The summed E-state index contributed by atoms with van der Waals surface area (Å²) in [6, 6.07) is 5.72. The molecule has 0 amide bonds. The van der Waals surface area contributed by atoms with Crippen molar-refractivity contribution in [2.75, 3.05) is 24.7 Å². The zero-order valence-corrected chi connectivity index (χ0v) is 10.3. The van der Waals surface area contributed by atoms with Gasteiger partial charge in [0, 0.05) is 6.54 Å². The second-order valence-corrected chi connectivity index (χ2v) is 4.15. The molecule has 4 nitrogen and oxygen atoms in total. The van der Waals surface area contributed by atoms with E-state index >= 15 is 0 Å². The fourth-order valence-corrected chi connectivity index (χ4v) is 1.76. The van der Waals surface area contributed by atoms with Crippen molar-refractivity contribution in [2.45, 2.75) is 18.4 Å². The van der Waals surface area contributed by atoms with Gasteiger partial charge in [0.1, 0.15) is 5.82 Å². The first-order valence-electron chi connectivity index (χ1n) is 5.16. The minimum atomic E-state index is -0.237. The Balaban J connectivity index is 2.50. The van der Waals surface area contributed by atoms with Gasteiger partial charge in [0.15, 0.2) is 0 Å². The van der Waals surface area contributed by atoms with E-state index in [1.165, 1.54) is 18.9 Å².